The third kappa shape index (κ3) is 4.59. The van der Waals surface area contributed by atoms with Crippen LogP contribution in [-0.2, 0) is 6.54 Å². The maximum atomic E-state index is 3.68. The highest BCUT2D eigenvalue weighted by molar-refractivity contribution is 9.10. The van der Waals surface area contributed by atoms with Gasteiger partial charge in [0.05, 0.1) is 0 Å². The fraction of sp³-hybridized carbons (Fsp3) is 0.625. The summed E-state index contributed by atoms with van der Waals surface area (Å²) in [6.45, 7) is 9.26. The molecule has 2 atom stereocenters. The monoisotopic (exact) mass is 324 g/mol. The van der Waals surface area contributed by atoms with Crippen LogP contribution < -0.4 is 5.32 Å². The summed E-state index contributed by atoms with van der Waals surface area (Å²) >= 11 is 3.49. The smallest absolute Gasteiger partial charge is 0.0233 e. The van der Waals surface area contributed by atoms with Crippen LogP contribution in [0.4, 0.5) is 0 Å². The molecule has 2 unspecified atom stereocenters. The minimum Gasteiger partial charge on any atom is -0.314 e. The molecule has 0 aromatic heterocycles. The predicted octanol–water partition coefficient (Wildman–Crippen LogP) is 3.66. The number of nitrogens with zero attached hydrogens (tertiary/aromatic N) is 1. The number of rotatable bonds is 5. The van der Waals surface area contributed by atoms with E-state index in [9.17, 15) is 0 Å². The topological polar surface area (TPSA) is 15.3 Å². The van der Waals surface area contributed by atoms with Crippen LogP contribution in [0.1, 0.15) is 32.3 Å². The zero-order valence-electron chi connectivity index (χ0n) is 12.0. The van der Waals surface area contributed by atoms with Gasteiger partial charge in [0.15, 0.2) is 0 Å². The second-order valence-corrected chi connectivity index (χ2v) is 6.60. The van der Waals surface area contributed by atoms with E-state index in [0.717, 1.165) is 23.5 Å². The Kier molecular flexibility index (Phi) is 5.86. The number of nitrogens with one attached hydrogen (secondary N) is 1. The Morgan fingerprint density at radius 3 is 2.68 bits per heavy atom. The van der Waals surface area contributed by atoms with Crippen LogP contribution in [0, 0.1) is 5.92 Å². The van der Waals surface area contributed by atoms with Gasteiger partial charge in [-0.15, -0.1) is 0 Å². The van der Waals surface area contributed by atoms with E-state index in [1.165, 1.54) is 31.5 Å². The van der Waals surface area contributed by atoms with Gasteiger partial charge < -0.3 is 5.32 Å². The van der Waals surface area contributed by atoms with Crippen LogP contribution in [0.2, 0.25) is 0 Å². The van der Waals surface area contributed by atoms with Crippen LogP contribution >= 0.6 is 15.9 Å². The van der Waals surface area contributed by atoms with E-state index in [1.807, 2.05) is 0 Å². The van der Waals surface area contributed by atoms with Crippen LogP contribution in [-0.4, -0.2) is 30.6 Å². The molecule has 0 radical (unpaired) electrons. The molecule has 1 aromatic carbocycles. The second kappa shape index (κ2) is 7.41. The van der Waals surface area contributed by atoms with Gasteiger partial charge in [-0.3, -0.25) is 4.90 Å². The van der Waals surface area contributed by atoms with Gasteiger partial charge in [0.1, 0.15) is 0 Å². The first-order valence-electron chi connectivity index (χ1n) is 7.39. The molecular weight excluding hydrogens is 300 g/mol. The summed E-state index contributed by atoms with van der Waals surface area (Å²) in [4.78, 5) is 2.58. The van der Waals surface area contributed by atoms with Crippen molar-refractivity contribution in [3.8, 4) is 0 Å². The molecule has 1 aromatic rings. The van der Waals surface area contributed by atoms with Crippen molar-refractivity contribution in [3.05, 3.63) is 34.3 Å². The van der Waals surface area contributed by atoms with E-state index in [0.29, 0.717) is 6.04 Å². The van der Waals surface area contributed by atoms with Crippen LogP contribution in [0.15, 0.2) is 28.7 Å². The number of hydrogen-bond acceptors (Lipinski definition) is 2. The maximum Gasteiger partial charge on any atom is 0.0233 e. The quantitative estimate of drug-likeness (QED) is 0.889. The molecule has 106 valence electrons. The van der Waals surface area contributed by atoms with Crippen molar-refractivity contribution >= 4 is 15.9 Å². The first-order valence-corrected chi connectivity index (χ1v) is 8.18. The third-order valence-corrected chi connectivity index (χ3v) is 4.49. The maximum absolute atomic E-state index is 3.68. The SMILES string of the molecule is CCCNC1CCN(Cc2ccc(Br)cc2)CC1C. The van der Waals surface area contributed by atoms with Crippen molar-refractivity contribution < 1.29 is 0 Å². The molecule has 3 heteroatoms. The summed E-state index contributed by atoms with van der Waals surface area (Å²) in [6, 6.07) is 9.41. The number of piperidine rings is 1. The van der Waals surface area contributed by atoms with Gasteiger partial charge in [-0.05, 0) is 49.5 Å². The summed E-state index contributed by atoms with van der Waals surface area (Å²) in [7, 11) is 0. The summed E-state index contributed by atoms with van der Waals surface area (Å²) in [5.41, 5.74) is 1.41. The second-order valence-electron chi connectivity index (χ2n) is 5.69. The molecule has 0 spiro atoms. The molecule has 0 saturated carbocycles. The molecule has 0 aliphatic carbocycles. The van der Waals surface area contributed by atoms with Gasteiger partial charge in [-0.2, -0.15) is 0 Å². The predicted molar refractivity (Wildman–Crippen MR) is 85.3 cm³/mol. The zero-order chi connectivity index (χ0) is 13.7. The number of benzene rings is 1. The van der Waals surface area contributed by atoms with E-state index in [2.05, 4.69) is 64.3 Å². The highest BCUT2D eigenvalue weighted by Crippen LogP contribution is 2.19. The Morgan fingerprint density at radius 2 is 2.05 bits per heavy atom. The third-order valence-electron chi connectivity index (χ3n) is 3.97. The minimum atomic E-state index is 0.709. The number of likely N-dealkylation sites (tertiary alicyclic amines) is 1. The van der Waals surface area contributed by atoms with E-state index >= 15 is 0 Å². The molecule has 1 aliphatic heterocycles. The lowest BCUT2D eigenvalue weighted by Gasteiger charge is -2.37. The Balaban J connectivity index is 1.82. The highest BCUT2D eigenvalue weighted by atomic mass is 79.9. The molecule has 1 aliphatic rings. The fourth-order valence-electron chi connectivity index (χ4n) is 2.86. The van der Waals surface area contributed by atoms with Gasteiger partial charge in [-0.1, -0.05) is 41.9 Å². The zero-order valence-corrected chi connectivity index (χ0v) is 13.6. The van der Waals surface area contributed by atoms with Crippen LogP contribution in [0.25, 0.3) is 0 Å². The Morgan fingerprint density at radius 1 is 1.32 bits per heavy atom. The van der Waals surface area contributed by atoms with Crippen molar-refractivity contribution in [2.45, 2.75) is 39.3 Å². The number of hydrogen-bond donors (Lipinski definition) is 1. The van der Waals surface area contributed by atoms with Crippen LogP contribution in [0.3, 0.4) is 0 Å². The first kappa shape index (κ1) is 15.0. The molecule has 2 rings (SSSR count). The first-order chi connectivity index (χ1) is 9.19. The van der Waals surface area contributed by atoms with Crippen molar-refractivity contribution in [1.82, 2.24) is 10.2 Å². The van der Waals surface area contributed by atoms with Gasteiger partial charge in [0.25, 0.3) is 0 Å². The van der Waals surface area contributed by atoms with Gasteiger partial charge in [-0.25, -0.2) is 0 Å². The average molecular weight is 325 g/mol. The molecule has 1 heterocycles. The molecule has 1 fully saturated rings. The molecular formula is C16H25BrN2. The van der Waals surface area contributed by atoms with E-state index in [4.69, 9.17) is 0 Å². The standard InChI is InChI=1S/C16H25BrN2/c1-3-9-18-16-8-10-19(11-13(16)2)12-14-4-6-15(17)7-5-14/h4-7,13,16,18H,3,8-12H2,1-2H3. The van der Waals surface area contributed by atoms with Gasteiger partial charge in [0, 0.05) is 23.6 Å². The molecule has 1 N–H and O–H groups in total. The van der Waals surface area contributed by atoms with E-state index in [1.54, 1.807) is 0 Å². The molecule has 19 heavy (non-hydrogen) atoms. The number of halogens is 1. The van der Waals surface area contributed by atoms with Gasteiger partial charge in [0.2, 0.25) is 0 Å². The van der Waals surface area contributed by atoms with Crippen molar-refractivity contribution in [2.75, 3.05) is 19.6 Å². The Labute approximate surface area is 125 Å². The van der Waals surface area contributed by atoms with Crippen LogP contribution in [0.5, 0.6) is 0 Å². The molecule has 1 saturated heterocycles. The lowest BCUT2D eigenvalue weighted by Crippen LogP contribution is -2.48. The molecule has 2 nitrogen and oxygen atoms in total. The van der Waals surface area contributed by atoms with E-state index in [-0.39, 0.29) is 0 Å². The largest absolute Gasteiger partial charge is 0.314 e. The summed E-state index contributed by atoms with van der Waals surface area (Å²) in [6.07, 6.45) is 2.50. The molecule has 0 bridgehead atoms. The minimum absolute atomic E-state index is 0.709. The highest BCUT2D eigenvalue weighted by Gasteiger charge is 2.25. The molecule has 0 amide bonds. The van der Waals surface area contributed by atoms with E-state index < -0.39 is 0 Å². The summed E-state index contributed by atoms with van der Waals surface area (Å²) in [5.74, 6) is 0.746. The Hall–Kier alpha value is -0.380. The lowest BCUT2D eigenvalue weighted by molar-refractivity contribution is 0.141. The van der Waals surface area contributed by atoms with Gasteiger partial charge >= 0.3 is 0 Å². The van der Waals surface area contributed by atoms with Crippen molar-refractivity contribution in [3.63, 3.8) is 0 Å². The lowest BCUT2D eigenvalue weighted by atomic mass is 9.93. The van der Waals surface area contributed by atoms with Crippen molar-refractivity contribution in [2.24, 2.45) is 5.92 Å². The average Bonchev–Trinajstić information content (AvgIpc) is 2.41. The fourth-order valence-corrected chi connectivity index (χ4v) is 3.12. The normalized spacial score (nSPS) is 24.6. The summed E-state index contributed by atoms with van der Waals surface area (Å²) < 4.78 is 1.16. The summed E-state index contributed by atoms with van der Waals surface area (Å²) in [5, 5.41) is 3.68. The Bertz CT molecular complexity index is 377. The van der Waals surface area contributed by atoms with Crippen molar-refractivity contribution in [1.29, 1.82) is 0 Å².